The van der Waals surface area contributed by atoms with E-state index < -0.39 is 5.92 Å². The summed E-state index contributed by atoms with van der Waals surface area (Å²) in [5.41, 5.74) is 3.30. The van der Waals surface area contributed by atoms with E-state index in [1.165, 1.54) is 0 Å². The summed E-state index contributed by atoms with van der Waals surface area (Å²) in [6, 6.07) is 12.9. The maximum atomic E-state index is 12.8. The summed E-state index contributed by atoms with van der Waals surface area (Å²) >= 11 is 0. The summed E-state index contributed by atoms with van der Waals surface area (Å²) < 4.78 is 5.34. The monoisotopic (exact) mass is 393 g/mol. The number of hydrogen-bond donors (Lipinski definition) is 1. The summed E-state index contributed by atoms with van der Waals surface area (Å²) in [6.07, 6.45) is 0.926. The van der Waals surface area contributed by atoms with Crippen LogP contribution in [0.5, 0.6) is 5.75 Å². The first-order chi connectivity index (χ1) is 14.0. The van der Waals surface area contributed by atoms with Gasteiger partial charge in [-0.25, -0.2) is 0 Å². The molecule has 1 saturated heterocycles. The molecule has 4 rings (SSSR count). The molecule has 0 aromatic heterocycles. The number of carbonyl (C=O) groups excluding carboxylic acids is 3. The molecule has 2 aromatic carbocycles. The predicted molar refractivity (Wildman–Crippen MR) is 110 cm³/mol. The van der Waals surface area contributed by atoms with Crippen LogP contribution < -0.4 is 19.9 Å². The highest BCUT2D eigenvalue weighted by Gasteiger charge is 2.36. The number of ether oxygens (including phenoxy) is 1. The molecule has 0 unspecified atom stereocenters. The van der Waals surface area contributed by atoms with Crippen molar-refractivity contribution in [2.45, 2.75) is 19.8 Å². The molecule has 1 fully saturated rings. The third kappa shape index (κ3) is 3.55. The molecule has 3 amide bonds. The first-order valence-electron chi connectivity index (χ1n) is 9.63. The number of para-hydroxylation sites is 2. The normalized spacial score (nSPS) is 18.0. The van der Waals surface area contributed by atoms with Crippen molar-refractivity contribution < 1.29 is 19.1 Å². The van der Waals surface area contributed by atoms with Crippen molar-refractivity contribution in [1.29, 1.82) is 0 Å². The van der Waals surface area contributed by atoms with Crippen LogP contribution in [0, 0.1) is 5.92 Å². The lowest BCUT2D eigenvalue weighted by Crippen LogP contribution is -2.28. The maximum Gasteiger partial charge on any atom is 0.229 e. The molecule has 7 nitrogen and oxygen atoms in total. The molecule has 0 aliphatic carbocycles. The van der Waals surface area contributed by atoms with Crippen LogP contribution in [0.1, 0.15) is 18.9 Å². The molecular weight excluding hydrogens is 370 g/mol. The zero-order chi connectivity index (χ0) is 20.5. The van der Waals surface area contributed by atoms with Gasteiger partial charge in [0.2, 0.25) is 17.7 Å². The van der Waals surface area contributed by atoms with Gasteiger partial charge in [0.1, 0.15) is 5.75 Å². The Labute approximate surface area is 169 Å². The van der Waals surface area contributed by atoms with Gasteiger partial charge in [0.05, 0.1) is 18.7 Å². The molecule has 2 aliphatic heterocycles. The van der Waals surface area contributed by atoms with E-state index in [9.17, 15) is 14.4 Å². The molecule has 1 N–H and O–H groups in total. The highest BCUT2D eigenvalue weighted by atomic mass is 16.5. The Bertz CT molecular complexity index is 988. The van der Waals surface area contributed by atoms with Gasteiger partial charge < -0.3 is 19.9 Å². The average Bonchev–Trinajstić information content (AvgIpc) is 3.31. The Morgan fingerprint density at radius 1 is 1.14 bits per heavy atom. The molecule has 1 atom stereocenters. The van der Waals surface area contributed by atoms with Gasteiger partial charge in [0.15, 0.2) is 0 Å². The van der Waals surface area contributed by atoms with Gasteiger partial charge >= 0.3 is 0 Å². The van der Waals surface area contributed by atoms with Crippen LogP contribution in [0.4, 0.5) is 17.1 Å². The van der Waals surface area contributed by atoms with Crippen LogP contribution in [0.15, 0.2) is 42.5 Å². The Hall–Kier alpha value is -3.35. The van der Waals surface area contributed by atoms with Gasteiger partial charge in [-0.2, -0.15) is 0 Å². The molecule has 29 heavy (non-hydrogen) atoms. The van der Waals surface area contributed by atoms with Gasteiger partial charge in [-0.15, -0.1) is 0 Å². The van der Waals surface area contributed by atoms with E-state index in [1.807, 2.05) is 30.3 Å². The zero-order valence-corrected chi connectivity index (χ0v) is 16.5. The van der Waals surface area contributed by atoms with Gasteiger partial charge in [0, 0.05) is 37.8 Å². The Kier molecular flexibility index (Phi) is 4.96. The number of rotatable bonds is 4. The fourth-order valence-corrected chi connectivity index (χ4v) is 4.02. The molecule has 2 aliphatic rings. The minimum absolute atomic E-state index is 0.0152. The molecular formula is C22H23N3O4. The topological polar surface area (TPSA) is 79.0 Å². The summed E-state index contributed by atoms with van der Waals surface area (Å²) in [7, 11) is 1.56. The van der Waals surface area contributed by atoms with Gasteiger partial charge in [0.25, 0.3) is 0 Å². The molecule has 0 spiro atoms. The first kappa shape index (κ1) is 19.0. The predicted octanol–water partition coefficient (Wildman–Crippen LogP) is 2.60. The maximum absolute atomic E-state index is 12.8. The molecule has 2 heterocycles. The van der Waals surface area contributed by atoms with Crippen LogP contribution in [0.3, 0.4) is 0 Å². The van der Waals surface area contributed by atoms with Crippen molar-refractivity contribution in [2.24, 2.45) is 5.92 Å². The second-order valence-electron chi connectivity index (χ2n) is 7.33. The second-order valence-corrected chi connectivity index (χ2v) is 7.33. The second kappa shape index (κ2) is 7.58. The number of nitrogens with one attached hydrogen (secondary N) is 1. The van der Waals surface area contributed by atoms with E-state index >= 15 is 0 Å². The van der Waals surface area contributed by atoms with Gasteiger partial charge in [-0.05, 0) is 42.3 Å². The lowest BCUT2D eigenvalue weighted by Gasteiger charge is -2.19. The molecule has 150 valence electrons. The van der Waals surface area contributed by atoms with Crippen LogP contribution in [-0.4, -0.2) is 37.9 Å². The zero-order valence-electron chi connectivity index (χ0n) is 16.5. The van der Waals surface area contributed by atoms with Crippen molar-refractivity contribution in [2.75, 3.05) is 35.3 Å². The van der Waals surface area contributed by atoms with Crippen LogP contribution in [0.25, 0.3) is 0 Å². The highest BCUT2D eigenvalue weighted by molar-refractivity contribution is 6.04. The number of nitrogens with zero attached hydrogens (tertiary/aromatic N) is 2. The third-order valence-electron chi connectivity index (χ3n) is 5.49. The number of amides is 3. The lowest BCUT2D eigenvalue weighted by atomic mass is 10.1. The molecule has 0 saturated carbocycles. The van der Waals surface area contributed by atoms with Crippen molar-refractivity contribution >= 4 is 34.8 Å². The summed E-state index contributed by atoms with van der Waals surface area (Å²) in [4.78, 5) is 40.3. The third-order valence-corrected chi connectivity index (χ3v) is 5.49. The number of carbonyl (C=O) groups is 3. The van der Waals surface area contributed by atoms with Crippen LogP contribution in [-0.2, 0) is 20.8 Å². The number of hydrogen-bond acceptors (Lipinski definition) is 4. The van der Waals surface area contributed by atoms with Crippen molar-refractivity contribution in [3.63, 3.8) is 0 Å². The van der Waals surface area contributed by atoms with Gasteiger partial charge in [-0.1, -0.05) is 12.1 Å². The van der Waals surface area contributed by atoms with E-state index in [0.29, 0.717) is 30.2 Å². The van der Waals surface area contributed by atoms with E-state index in [2.05, 4.69) is 5.32 Å². The van der Waals surface area contributed by atoms with E-state index in [0.717, 1.165) is 17.7 Å². The molecule has 0 bridgehead atoms. The lowest BCUT2D eigenvalue weighted by molar-refractivity contribution is -0.122. The van der Waals surface area contributed by atoms with Crippen molar-refractivity contribution in [1.82, 2.24) is 0 Å². The largest absolute Gasteiger partial charge is 0.495 e. The SMILES string of the molecule is COc1ccccc1N1C[C@@H](C(=O)Nc2ccc3c(c2)CCN3C(C)=O)CC1=O. The number of methoxy groups -OCH3 is 1. The van der Waals surface area contributed by atoms with E-state index in [1.54, 1.807) is 36.0 Å². The molecule has 2 aromatic rings. The smallest absolute Gasteiger partial charge is 0.229 e. The molecule has 7 heteroatoms. The fourth-order valence-electron chi connectivity index (χ4n) is 4.02. The average molecular weight is 393 g/mol. The summed E-state index contributed by atoms with van der Waals surface area (Å²) in [6.45, 7) is 2.52. The minimum atomic E-state index is -0.436. The number of benzene rings is 2. The summed E-state index contributed by atoms with van der Waals surface area (Å²) in [5.74, 6) is -0.0933. The van der Waals surface area contributed by atoms with Crippen molar-refractivity contribution in [3.05, 3.63) is 48.0 Å². The van der Waals surface area contributed by atoms with Crippen LogP contribution >= 0.6 is 0 Å². The van der Waals surface area contributed by atoms with E-state index in [-0.39, 0.29) is 24.1 Å². The molecule has 0 radical (unpaired) electrons. The van der Waals surface area contributed by atoms with Crippen LogP contribution in [0.2, 0.25) is 0 Å². The Morgan fingerprint density at radius 2 is 1.93 bits per heavy atom. The fraction of sp³-hybridized carbons (Fsp3) is 0.318. The first-order valence-corrected chi connectivity index (χ1v) is 9.63. The van der Waals surface area contributed by atoms with Gasteiger partial charge in [-0.3, -0.25) is 14.4 Å². The quantitative estimate of drug-likeness (QED) is 0.866. The standard InChI is InChI=1S/C22H23N3O4/c1-14(26)24-10-9-15-11-17(7-8-18(15)24)23-22(28)16-12-21(27)25(13-16)19-5-3-4-6-20(19)29-2/h3-8,11,16H,9-10,12-13H2,1-2H3,(H,23,28)/t16-/m0/s1. The number of fused-ring (bicyclic) bond motifs is 1. The minimum Gasteiger partial charge on any atom is -0.495 e. The Balaban J connectivity index is 1.46. The summed E-state index contributed by atoms with van der Waals surface area (Å²) in [5, 5.41) is 2.93. The Morgan fingerprint density at radius 3 is 2.69 bits per heavy atom. The highest BCUT2D eigenvalue weighted by Crippen LogP contribution is 2.34. The van der Waals surface area contributed by atoms with E-state index in [4.69, 9.17) is 4.74 Å². The van der Waals surface area contributed by atoms with Crippen molar-refractivity contribution in [3.8, 4) is 5.75 Å². The number of anilines is 3.